The second-order valence-electron chi connectivity index (χ2n) is 5.49. The lowest BCUT2D eigenvalue weighted by molar-refractivity contribution is -0.149. The molecule has 0 saturated heterocycles. The molecule has 0 aliphatic rings. The summed E-state index contributed by atoms with van der Waals surface area (Å²) in [6, 6.07) is -0.834. The molecule has 24 heavy (non-hydrogen) atoms. The Balaban J connectivity index is 0. The number of alkyl halides is 3. The van der Waals surface area contributed by atoms with Gasteiger partial charge in [0.05, 0.1) is 35.0 Å². The van der Waals surface area contributed by atoms with E-state index in [4.69, 9.17) is 0 Å². The average Bonchev–Trinajstić information content (AvgIpc) is 2.46. The second kappa shape index (κ2) is 12.7. The van der Waals surface area contributed by atoms with Crippen molar-refractivity contribution in [1.29, 1.82) is 0 Å². The number of rotatable bonds is 7. The third kappa shape index (κ3) is 11.9. The molecule has 0 bridgehead atoms. The van der Waals surface area contributed by atoms with Gasteiger partial charge in [0, 0.05) is 0 Å². The summed E-state index contributed by atoms with van der Waals surface area (Å²) in [6.07, 6.45) is -1.80. The third-order valence-electron chi connectivity index (χ3n) is 2.26. The predicted octanol–water partition coefficient (Wildman–Crippen LogP) is 2.57. The van der Waals surface area contributed by atoms with Gasteiger partial charge in [-0.2, -0.15) is 0 Å². The van der Waals surface area contributed by atoms with Crippen molar-refractivity contribution in [1.82, 2.24) is 4.72 Å². The van der Waals surface area contributed by atoms with E-state index in [0.29, 0.717) is 0 Å². The third-order valence-corrected chi connectivity index (χ3v) is 4.34. The zero-order valence-corrected chi connectivity index (χ0v) is 17.1. The first-order chi connectivity index (χ1) is 10.9. The lowest BCUT2D eigenvalue weighted by atomic mass is 10.2. The summed E-state index contributed by atoms with van der Waals surface area (Å²) in [6.45, 7) is 10.3. The molecule has 10 heteroatoms. The average molecular weight is 438 g/mol. The Morgan fingerprint density at radius 3 is 1.83 bits per heavy atom. The molecule has 144 valence electrons. The van der Waals surface area contributed by atoms with Crippen LogP contribution >= 0.6 is 15.9 Å². The molecule has 0 fully saturated rings. The standard InChI is InChI=1S/C10H20FNO3S.C4H6BrFO2/c1-6-15-9(13)8(11)7(2)12-16(14)10(3,4)5;1-2-8-4(7)3(5)6/h7-8,12H,6H2,1-5H3;3H,2H2,1H3/t7?,8?,16-;/m1./s1. The number of carbonyl (C=O) groups is 2. The number of hydrogen-bond acceptors (Lipinski definition) is 5. The van der Waals surface area contributed by atoms with Crippen LogP contribution in [-0.2, 0) is 30.0 Å². The Hall–Kier alpha value is -0.610. The summed E-state index contributed by atoms with van der Waals surface area (Å²) in [5.41, 5.74) is 0. The number of carbonyl (C=O) groups excluding carboxylic acids is 2. The van der Waals surface area contributed by atoms with Crippen LogP contribution in [0.4, 0.5) is 8.78 Å². The van der Waals surface area contributed by atoms with E-state index >= 15 is 0 Å². The Bertz CT molecular complexity index is 418. The second-order valence-corrected chi connectivity index (χ2v) is 8.30. The van der Waals surface area contributed by atoms with E-state index in [9.17, 15) is 22.6 Å². The Morgan fingerprint density at radius 2 is 1.54 bits per heavy atom. The highest BCUT2D eigenvalue weighted by Crippen LogP contribution is 2.11. The molecule has 0 heterocycles. The van der Waals surface area contributed by atoms with Gasteiger partial charge in [0.15, 0.2) is 0 Å². The van der Waals surface area contributed by atoms with Gasteiger partial charge in [0.1, 0.15) is 0 Å². The Labute approximate surface area is 152 Å². The molecule has 0 amide bonds. The fourth-order valence-electron chi connectivity index (χ4n) is 1.04. The molecule has 4 atom stereocenters. The van der Waals surface area contributed by atoms with E-state index in [2.05, 4.69) is 30.1 Å². The minimum atomic E-state index is -1.80. The van der Waals surface area contributed by atoms with Gasteiger partial charge in [-0.25, -0.2) is 27.3 Å². The van der Waals surface area contributed by atoms with E-state index in [1.54, 1.807) is 34.6 Å². The van der Waals surface area contributed by atoms with Crippen LogP contribution in [0.3, 0.4) is 0 Å². The molecule has 0 aromatic carbocycles. The van der Waals surface area contributed by atoms with Crippen molar-refractivity contribution in [3.05, 3.63) is 0 Å². The van der Waals surface area contributed by atoms with Crippen LogP contribution in [0.25, 0.3) is 0 Å². The first-order valence-electron chi connectivity index (χ1n) is 7.31. The number of hydrogen-bond donors (Lipinski definition) is 1. The molecular formula is C14H26BrF2NO5S. The highest BCUT2D eigenvalue weighted by atomic mass is 79.9. The Morgan fingerprint density at radius 1 is 1.12 bits per heavy atom. The van der Waals surface area contributed by atoms with Gasteiger partial charge in [-0.1, -0.05) is 0 Å². The van der Waals surface area contributed by atoms with Gasteiger partial charge in [0.2, 0.25) is 6.17 Å². The van der Waals surface area contributed by atoms with Crippen molar-refractivity contribution in [2.45, 2.75) is 63.6 Å². The van der Waals surface area contributed by atoms with Crippen LogP contribution in [0.5, 0.6) is 0 Å². The van der Waals surface area contributed by atoms with Gasteiger partial charge < -0.3 is 9.47 Å². The molecule has 0 aromatic rings. The zero-order chi connectivity index (χ0) is 19.5. The van der Waals surface area contributed by atoms with Crippen LogP contribution < -0.4 is 4.72 Å². The highest BCUT2D eigenvalue weighted by molar-refractivity contribution is 9.09. The lowest BCUT2D eigenvalue weighted by Crippen LogP contribution is -2.45. The maximum Gasteiger partial charge on any atom is 0.351 e. The summed E-state index contributed by atoms with van der Waals surface area (Å²) < 4.78 is 47.7. The highest BCUT2D eigenvalue weighted by Gasteiger charge is 2.30. The van der Waals surface area contributed by atoms with E-state index in [0.717, 1.165) is 0 Å². The molecule has 1 N–H and O–H groups in total. The topological polar surface area (TPSA) is 81.7 Å². The van der Waals surface area contributed by atoms with Crippen LogP contribution in [0.1, 0.15) is 41.5 Å². The summed E-state index contributed by atoms with van der Waals surface area (Å²) in [4.78, 5) is 21.2. The van der Waals surface area contributed by atoms with Gasteiger partial charge in [-0.3, -0.25) is 0 Å². The molecule has 0 aliphatic heterocycles. The molecule has 0 saturated carbocycles. The van der Waals surface area contributed by atoms with Crippen molar-refractivity contribution in [3.8, 4) is 0 Å². The van der Waals surface area contributed by atoms with Gasteiger partial charge in [0.25, 0.3) is 5.08 Å². The first-order valence-corrected chi connectivity index (χ1v) is 9.38. The monoisotopic (exact) mass is 437 g/mol. The van der Waals surface area contributed by atoms with Crippen LogP contribution in [0.2, 0.25) is 0 Å². The quantitative estimate of drug-likeness (QED) is 0.488. The molecular weight excluding hydrogens is 412 g/mol. The molecule has 6 nitrogen and oxygen atoms in total. The van der Waals surface area contributed by atoms with Crippen LogP contribution in [0.15, 0.2) is 0 Å². The molecule has 0 spiro atoms. The molecule has 0 aliphatic carbocycles. The normalized spacial score (nSPS) is 16.0. The van der Waals surface area contributed by atoms with Crippen molar-refractivity contribution in [3.63, 3.8) is 0 Å². The smallest absolute Gasteiger partial charge is 0.351 e. The molecule has 0 rings (SSSR count). The molecule has 0 radical (unpaired) electrons. The SMILES string of the molecule is CCOC(=O)C(F)Br.CCOC(=O)C(F)C(C)N[S@](=O)C(C)(C)C. The van der Waals surface area contributed by atoms with E-state index in [1.807, 2.05) is 0 Å². The summed E-state index contributed by atoms with van der Waals surface area (Å²) in [7, 11) is -1.41. The Kier molecular flexibility index (Phi) is 13.6. The maximum atomic E-state index is 13.5. The van der Waals surface area contributed by atoms with Crippen molar-refractivity contribution in [2.75, 3.05) is 13.2 Å². The van der Waals surface area contributed by atoms with Crippen molar-refractivity contribution >= 4 is 38.9 Å². The van der Waals surface area contributed by atoms with Crippen LogP contribution in [-0.4, -0.2) is 51.4 Å². The number of nitrogens with one attached hydrogen (secondary N) is 1. The summed E-state index contributed by atoms with van der Waals surface area (Å²) in [5, 5.41) is -1.68. The predicted molar refractivity (Wildman–Crippen MR) is 92.5 cm³/mol. The number of ether oxygens (including phenoxy) is 2. The number of esters is 2. The van der Waals surface area contributed by atoms with E-state index in [1.165, 1.54) is 6.92 Å². The fourth-order valence-corrected chi connectivity index (χ4v) is 1.98. The minimum Gasteiger partial charge on any atom is -0.464 e. The van der Waals surface area contributed by atoms with E-state index < -0.39 is 45.0 Å². The first kappa shape index (κ1) is 25.6. The number of halogens is 3. The fraction of sp³-hybridized carbons (Fsp3) is 0.857. The van der Waals surface area contributed by atoms with Crippen molar-refractivity contribution < 1.29 is 32.1 Å². The summed E-state index contributed by atoms with van der Waals surface area (Å²) >= 11 is 2.40. The lowest BCUT2D eigenvalue weighted by Gasteiger charge is -2.23. The van der Waals surface area contributed by atoms with Crippen molar-refractivity contribution in [2.24, 2.45) is 0 Å². The van der Waals surface area contributed by atoms with Gasteiger partial charge in [-0.05, 0) is 57.5 Å². The van der Waals surface area contributed by atoms with E-state index in [-0.39, 0.29) is 13.2 Å². The molecule has 3 unspecified atom stereocenters. The summed E-state index contributed by atoms with van der Waals surface area (Å²) in [5.74, 6) is -1.79. The van der Waals surface area contributed by atoms with Crippen LogP contribution in [0, 0.1) is 0 Å². The minimum absolute atomic E-state index is 0.133. The largest absolute Gasteiger partial charge is 0.464 e. The van der Waals surface area contributed by atoms with Gasteiger partial charge in [-0.15, -0.1) is 0 Å². The maximum absolute atomic E-state index is 13.5. The zero-order valence-electron chi connectivity index (χ0n) is 14.7. The molecule has 0 aromatic heterocycles. The van der Waals surface area contributed by atoms with Gasteiger partial charge >= 0.3 is 11.9 Å².